The van der Waals surface area contributed by atoms with E-state index in [0.717, 1.165) is 18.5 Å². The van der Waals surface area contributed by atoms with Crippen LogP contribution in [0.15, 0.2) is 24.3 Å². The average Bonchev–Trinajstić information content (AvgIpc) is 2.66. The zero-order chi connectivity index (χ0) is 14.4. The van der Waals surface area contributed by atoms with Gasteiger partial charge in [0.1, 0.15) is 5.54 Å². The van der Waals surface area contributed by atoms with Crippen LogP contribution in [0, 0.1) is 6.92 Å². The van der Waals surface area contributed by atoms with Gasteiger partial charge < -0.3 is 14.8 Å². The molecule has 2 rings (SSSR count). The summed E-state index contributed by atoms with van der Waals surface area (Å²) >= 11 is 0. The van der Waals surface area contributed by atoms with E-state index in [2.05, 4.69) is 5.32 Å². The van der Waals surface area contributed by atoms with Crippen LogP contribution in [0.3, 0.4) is 0 Å². The quantitative estimate of drug-likeness (QED) is 0.860. The van der Waals surface area contributed by atoms with Gasteiger partial charge in [-0.05, 0) is 44.4 Å². The van der Waals surface area contributed by atoms with E-state index in [9.17, 15) is 4.79 Å². The highest BCUT2D eigenvalue weighted by Crippen LogP contribution is 2.28. The molecule has 0 spiro atoms. The minimum absolute atomic E-state index is 0.174. The number of benzene rings is 1. The molecule has 1 heterocycles. The maximum Gasteiger partial charge on any atom is 0.331 e. The molecule has 4 nitrogen and oxygen atoms in total. The maximum atomic E-state index is 12.4. The molecule has 0 aromatic heterocycles. The third-order valence-electron chi connectivity index (χ3n) is 3.63. The number of hydrogen-bond donors (Lipinski definition) is 1. The van der Waals surface area contributed by atoms with Crippen molar-refractivity contribution in [2.75, 3.05) is 25.1 Å². The Balaban J connectivity index is 2.23. The summed E-state index contributed by atoms with van der Waals surface area (Å²) in [5, 5.41) is 3.41. The number of hydrogen-bond acceptors (Lipinski definition) is 4. The Kier molecular flexibility index (Phi) is 5.01. The third kappa shape index (κ3) is 3.51. The van der Waals surface area contributed by atoms with Crippen molar-refractivity contribution >= 4 is 11.7 Å². The molecule has 1 unspecified atom stereocenters. The molecule has 20 heavy (non-hydrogen) atoms. The Morgan fingerprint density at radius 1 is 1.40 bits per heavy atom. The molecule has 0 saturated carbocycles. The summed E-state index contributed by atoms with van der Waals surface area (Å²) in [6.07, 6.45) is 2.23. The lowest BCUT2D eigenvalue weighted by Crippen LogP contribution is -2.48. The van der Waals surface area contributed by atoms with Gasteiger partial charge in [0, 0.05) is 25.3 Å². The Bertz CT molecular complexity index is 451. The van der Waals surface area contributed by atoms with E-state index in [4.69, 9.17) is 9.47 Å². The van der Waals surface area contributed by atoms with Crippen molar-refractivity contribution in [3.63, 3.8) is 0 Å². The summed E-state index contributed by atoms with van der Waals surface area (Å²) in [4.78, 5) is 12.4. The van der Waals surface area contributed by atoms with Crippen LogP contribution in [0.1, 0.15) is 31.7 Å². The Morgan fingerprint density at radius 3 is 3.00 bits per heavy atom. The Labute approximate surface area is 120 Å². The van der Waals surface area contributed by atoms with Gasteiger partial charge in [-0.3, -0.25) is 0 Å². The van der Waals surface area contributed by atoms with Crippen molar-refractivity contribution in [2.45, 2.75) is 38.6 Å². The van der Waals surface area contributed by atoms with Gasteiger partial charge in [0.15, 0.2) is 0 Å². The largest absolute Gasteiger partial charge is 0.464 e. The fourth-order valence-corrected chi connectivity index (χ4v) is 2.60. The van der Waals surface area contributed by atoms with Crippen LogP contribution in [0.5, 0.6) is 0 Å². The van der Waals surface area contributed by atoms with Gasteiger partial charge in [-0.1, -0.05) is 12.1 Å². The Morgan fingerprint density at radius 2 is 2.25 bits per heavy atom. The first-order chi connectivity index (χ1) is 9.66. The zero-order valence-corrected chi connectivity index (χ0v) is 12.3. The molecule has 0 bridgehead atoms. The predicted molar refractivity (Wildman–Crippen MR) is 78.8 cm³/mol. The normalized spacial score (nSPS) is 22.9. The van der Waals surface area contributed by atoms with Crippen LogP contribution < -0.4 is 5.32 Å². The van der Waals surface area contributed by atoms with Crippen LogP contribution in [-0.4, -0.2) is 31.3 Å². The van der Waals surface area contributed by atoms with Crippen molar-refractivity contribution < 1.29 is 14.3 Å². The molecule has 1 aromatic rings. The highest BCUT2D eigenvalue weighted by molar-refractivity contribution is 5.84. The molecule has 1 saturated heterocycles. The predicted octanol–water partition coefficient (Wildman–Crippen LogP) is 2.91. The second-order valence-corrected chi connectivity index (χ2v) is 5.26. The third-order valence-corrected chi connectivity index (χ3v) is 3.63. The molecule has 1 fully saturated rings. The topological polar surface area (TPSA) is 47.6 Å². The van der Waals surface area contributed by atoms with Crippen LogP contribution >= 0.6 is 0 Å². The van der Waals surface area contributed by atoms with E-state index in [1.54, 1.807) is 0 Å². The summed E-state index contributed by atoms with van der Waals surface area (Å²) in [6.45, 7) is 5.56. The highest BCUT2D eigenvalue weighted by atomic mass is 16.5. The number of rotatable bonds is 4. The summed E-state index contributed by atoms with van der Waals surface area (Å²) in [5.41, 5.74) is 1.46. The fourth-order valence-electron chi connectivity index (χ4n) is 2.60. The maximum absolute atomic E-state index is 12.4. The van der Waals surface area contributed by atoms with Gasteiger partial charge in [-0.25, -0.2) is 4.79 Å². The summed E-state index contributed by atoms with van der Waals surface area (Å²) in [5.74, 6) is -0.174. The van der Waals surface area contributed by atoms with Crippen LogP contribution in [0.4, 0.5) is 5.69 Å². The molecule has 110 valence electrons. The number of carbonyl (C=O) groups excluding carboxylic acids is 1. The van der Waals surface area contributed by atoms with E-state index >= 15 is 0 Å². The number of anilines is 1. The van der Waals surface area contributed by atoms with E-state index in [1.807, 2.05) is 38.1 Å². The molecule has 0 aliphatic carbocycles. The average molecular weight is 277 g/mol. The smallest absolute Gasteiger partial charge is 0.331 e. The van der Waals surface area contributed by atoms with Crippen LogP contribution in [0.2, 0.25) is 0 Å². The van der Waals surface area contributed by atoms with E-state index in [-0.39, 0.29) is 5.97 Å². The number of nitrogens with one attached hydrogen (secondary N) is 1. The molecular weight excluding hydrogens is 254 g/mol. The summed E-state index contributed by atoms with van der Waals surface area (Å²) < 4.78 is 10.8. The highest BCUT2D eigenvalue weighted by Gasteiger charge is 2.40. The lowest BCUT2D eigenvalue weighted by atomic mass is 9.90. The lowest BCUT2D eigenvalue weighted by Gasteiger charge is -2.32. The molecule has 0 radical (unpaired) electrons. The van der Waals surface area contributed by atoms with Gasteiger partial charge in [-0.15, -0.1) is 0 Å². The standard InChI is InChI=1S/C16H23NO3/c1-3-20-15(18)16(8-5-10-19-11-9-16)17-14-7-4-6-13(2)12-14/h4,6-7,12,17H,3,5,8-11H2,1-2H3. The van der Waals surface area contributed by atoms with Crippen molar-refractivity contribution in [3.8, 4) is 0 Å². The molecule has 1 aromatic carbocycles. The van der Waals surface area contributed by atoms with Crippen molar-refractivity contribution in [3.05, 3.63) is 29.8 Å². The minimum atomic E-state index is -0.666. The van der Waals surface area contributed by atoms with Gasteiger partial charge in [-0.2, -0.15) is 0 Å². The monoisotopic (exact) mass is 277 g/mol. The number of esters is 1. The lowest BCUT2D eigenvalue weighted by molar-refractivity contribution is -0.149. The number of ether oxygens (including phenoxy) is 2. The van der Waals surface area contributed by atoms with E-state index in [1.165, 1.54) is 5.56 Å². The van der Waals surface area contributed by atoms with Gasteiger partial charge in [0.25, 0.3) is 0 Å². The minimum Gasteiger partial charge on any atom is -0.464 e. The Hall–Kier alpha value is -1.55. The molecule has 4 heteroatoms. The molecule has 1 N–H and O–H groups in total. The number of aryl methyl sites for hydroxylation is 1. The van der Waals surface area contributed by atoms with Gasteiger partial charge >= 0.3 is 5.97 Å². The van der Waals surface area contributed by atoms with Gasteiger partial charge in [0.2, 0.25) is 0 Å². The van der Waals surface area contributed by atoms with E-state index in [0.29, 0.717) is 26.2 Å². The van der Waals surface area contributed by atoms with Crippen molar-refractivity contribution in [2.24, 2.45) is 0 Å². The second-order valence-electron chi connectivity index (χ2n) is 5.26. The molecule has 0 amide bonds. The molecular formula is C16H23NO3. The summed E-state index contributed by atoms with van der Waals surface area (Å²) in [7, 11) is 0. The van der Waals surface area contributed by atoms with E-state index < -0.39 is 5.54 Å². The molecule has 1 aliphatic rings. The second kappa shape index (κ2) is 6.75. The van der Waals surface area contributed by atoms with Crippen LogP contribution in [-0.2, 0) is 14.3 Å². The van der Waals surface area contributed by atoms with Crippen molar-refractivity contribution in [1.82, 2.24) is 0 Å². The molecule has 1 atom stereocenters. The van der Waals surface area contributed by atoms with Crippen molar-refractivity contribution in [1.29, 1.82) is 0 Å². The molecule has 1 aliphatic heterocycles. The number of carbonyl (C=O) groups is 1. The first-order valence-electron chi connectivity index (χ1n) is 7.26. The first-order valence-corrected chi connectivity index (χ1v) is 7.26. The SMILES string of the molecule is CCOC(=O)C1(Nc2cccc(C)c2)CCCOCC1. The first kappa shape index (κ1) is 14.9. The summed E-state index contributed by atoms with van der Waals surface area (Å²) in [6, 6.07) is 8.06. The van der Waals surface area contributed by atoms with Gasteiger partial charge in [0.05, 0.1) is 6.61 Å². The zero-order valence-electron chi connectivity index (χ0n) is 12.3. The fraction of sp³-hybridized carbons (Fsp3) is 0.562. The van der Waals surface area contributed by atoms with Crippen LogP contribution in [0.25, 0.3) is 0 Å².